The third-order valence-corrected chi connectivity index (χ3v) is 3.75. The van der Waals surface area contributed by atoms with Crippen molar-refractivity contribution in [2.45, 2.75) is 44.8 Å². The third kappa shape index (κ3) is 4.19. The number of urea groups is 1. The molecule has 4 N–H and O–H groups in total. The van der Waals surface area contributed by atoms with Gasteiger partial charge in [0.05, 0.1) is 12.1 Å². The van der Waals surface area contributed by atoms with Crippen molar-refractivity contribution in [3.63, 3.8) is 0 Å². The first-order valence-electron chi connectivity index (χ1n) is 7.44. The molecule has 5 heteroatoms. The summed E-state index contributed by atoms with van der Waals surface area (Å²) in [5.41, 5.74) is 1.85. The van der Waals surface area contributed by atoms with Gasteiger partial charge in [0.15, 0.2) is 0 Å². The lowest BCUT2D eigenvalue weighted by Crippen LogP contribution is -2.54. The van der Waals surface area contributed by atoms with Gasteiger partial charge in [-0.15, -0.1) is 0 Å². The van der Waals surface area contributed by atoms with E-state index in [1.807, 2.05) is 24.3 Å². The van der Waals surface area contributed by atoms with Gasteiger partial charge in [0.2, 0.25) is 0 Å². The number of hydrogen-bond donors (Lipinski definition) is 4. The second kappa shape index (κ2) is 6.45. The average Bonchev–Trinajstić information content (AvgIpc) is 2.41. The Morgan fingerprint density at radius 3 is 2.71 bits per heavy atom. The van der Waals surface area contributed by atoms with Crippen LogP contribution in [0, 0.1) is 0 Å². The van der Waals surface area contributed by atoms with E-state index >= 15 is 0 Å². The zero-order valence-electron chi connectivity index (χ0n) is 12.9. The number of carbonyl (C=O) groups excluding carboxylic acids is 1. The van der Waals surface area contributed by atoms with Gasteiger partial charge in [-0.25, -0.2) is 4.79 Å². The number of para-hydroxylation sites is 1. The first-order valence-corrected chi connectivity index (χ1v) is 7.44. The maximum absolute atomic E-state index is 12.1. The quantitative estimate of drug-likeness (QED) is 0.671. The average molecular weight is 291 g/mol. The molecule has 1 heterocycles. The molecule has 2 rings (SSSR count). The van der Waals surface area contributed by atoms with Crippen molar-refractivity contribution in [1.82, 2.24) is 10.6 Å². The van der Waals surface area contributed by atoms with Crippen LogP contribution in [-0.2, 0) is 5.41 Å². The summed E-state index contributed by atoms with van der Waals surface area (Å²) in [5, 5.41) is 18.8. The number of rotatable bonds is 2. The smallest absolute Gasteiger partial charge is 0.319 e. The number of anilines is 1. The van der Waals surface area contributed by atoms with Crippen molar-refractivity contribution in [2.75, 3.05) is 18.4 Å². The van der Waals surface area contributed by atoms with Gasteiger partial charge in [0.1, 0.15) is 0 Å². The molecule has 1 saturated heterocycles. The maximum Gasteiger partial charge on any atom is 0.319 e. The Kier molecular flexibility index (Phi) is 4.85. The van der Waals surface area contributed by atoms with Crippen LogP contribution in [0.4, 0.5) is 10.5 Å². The van der Waals surface area contributed by atoms with Crippen molar-refractivity contribution in [3.05, 3.63) is 29.8 Å². The maximum atomic E-state index is 12.1. The lowest BCUT2D eigenvalue weighted by Gasteiger charge is -2.29. The summed E-state index contributed by atoms with van der Waals surface area (Å²) in [5.74, 6) is 0. The van der Waals surface area contributed by atoms with Crippen molar-refractivity contribution in [2.24, 2.45) is 0 Å². The Balaban J connectivity index is 2.03. The fraction of sp³-hybridized carbons (Fsp3) is 0.562. The molecule has 0 unspecified atom stereocenters. The topological polar surface area (TPSA) is 73.4 Å². The van der Waals surface area contributed by atoms with E-state index < -0.39 is 6.10 Å². The molecular formula is C16H25N3O2. The summed E-state index contributed by atoms with van der Waals surface area (Å²) in [6.07, 6.45) is 0.165. The van der Waals surface area contributed by atoms with Crippen LogP contribution in [-0.4, -0.2) is 36.4 Å². The molecule has 116 valence electrons. The van der Waals surface area contributed by atoms with E-state index in [9.17, 15) is 9.90 Å². The molecule has 5 nitrogen and oxygen atoms in total. The molecule has 0 aromatic heterocycles. The second-order valence-corrected chi connectivity index (χ2v) is 6.56. The Morgan fingerprint density at radius 2 is 2.05 bits per heavy atom. The van der Waals surface area contributed by atoms with Gasteiger partial charge in [-0.2, -0.15) is 0 Å². The molecule has 1 aliphatic heterocycles. The summed E-state index contributed by atoms with van der Waals surface area (Å²) < 4.78 is 0. The van der Waals surface area contributed by atoms with Crippen LogP contribution < -0.4 is 16.0 Å². The van der Waals surface area contributed by atoms with Crippen molar-refractivity contribution in [1.29, 1.82) is 0 Å². The fourth-order valence-electron chi connectivity index (χ4n) is 2.56. The van der Waals surface area contributed by atoms with Crippen LogP contribution in [0.15, 0.2) is 24.3 Å². The summed E-state index contributed by atoms with van der Waals surface area (Å²) in [6.45, 7) is 7.71. The largest absolute Gasteiger partial charge is 0.391 e. The summed E-state index contributed by atoms with van der Waals surface area (Å²) >= 11 is 0. The molecule has 1 aromatic rings. The predicted octanol–water partition coefficient (Wildman–Crippen LogP) is 1.83. The van der Waals surface area contributed by atoms with E-state index in [1.54, 1.807) is 0 Å². The van der Waals surface area contributed by atoms with Gasteiger partial charge in [-0.1, -0.05) is 39.0 Å². The first-order chi connectivity index (χ1) is 9.88. The lowest BCUT2D eigenvalue weighted by atomic mass is 9.86. The van der Waals surface area contributed by atoms with Crippen LogP contribution in [0.3, 0.4) is 0 Å². The minimum absolute atomic E-state index is 0.0459. The molecule has 1 aromatic carbocycles. The van der Waals surface area contributed by atoms with Gasteiger partial charge in [0.25, 0.3) is 0 Å². The van der Waals surface area contributed by atoms with Crippen LogP contribution >= 0.6 is 0 Å². The summed E-state index contributed by atoms with van der Waals surface area (Å²) in [6, 6.07) is 7.27. The van der Waals surface area contributed by atoms with Gasteiger partial charge in [-0.05, 0) is 30.0 Å². The predicted molar refractivity (Wildman–Crippen MR) is 84.6 cm³/mol. The number of aliphatic hydroxyl groups is 1. The molecule has 0 spiro atoms. The second-order valence-electron chi connectivity index (χ2n) is 6.56. The van der Waals surface area contributed by atoms with Gasteiger partial charge >= 0.3 is 6.03 Å². The summed E-state index contributed by atoms with van der Waals surface area (Å²) in [4.78, 5) is 12.1. The minimum Gasteiger partial charge on any atom is -0.391 e. The Hall–Kier alpha value is -1.59. The van der Waals surface area contributed by atoms with Gasteiger partial charge < -0.3 is 21.1 Å². The van der Waals surface area contributed by atoms with Crippen molar-refractivity contribution in [3.8, 4) is 0 Å². The fourth-order valence-corrected chi connectivity index (χ4v) is 2.56. The molecule has 21 heavy (non-hydrogen) atoms. The number of nitrogens with one attached hydrogen (secondary N) is 3. The molecule has 0 radical (unpaired) electrons. The monoisotopic (exact) mass is 291 g/mol. The highest BCUT2D eigenvalue weighted by Gasteiger charge is 2.25. The third-order valence-electron chi connectivity index (χ3n) is 3.75. The number of carbonyl (C=O) groups is 1. The van der Waals surface area contributed by atoms with E-state index in [4.69, 9.17) is 0 Å². The van der Waals surface area contributed by atoms with Crippen LogP contribution in [0.2, 0.25) is 0 Å². The van der Waals surface area contributed by atoms with Crippen LogP contribution in [0.25, 0.3) is 0 Å². The molecule has 2 amide bonds. The highest BCUT2D eigenvalue weighted by atomic mass is 16.3. The SMILES string of the molecule is CC(C)(C)c1ccccc1NC(=O)N[C@@H]1CNCC[C@H]1O. The lowest BCUT2D eigenvalue weighted by molar-refractivity contribution is 0.103. The Bertz CT molecular complexity index is 497. The number of benzene rings is 1. The molecule has 1 fully saturated rings. The number of piperidine rings is 1. The summed E-state index contributed by atoms with van der Waals surface area (Å²) in [7, 11) is 0. The van der Waals surface area contributed by atoms with Crippen LogP contribution in [0.1, 0.15) is 32.8 Å². The molecule has 2 atom stereocenters. The Morgan fingerprint density at radius 1 is 1.33 bits per heavy atom. The van der Waals surface area contributed by atoms with Crippen LogP contribution in [0.5, 0.6) is 0 Å². The molecular weight excluding hydrogens is 266 g/mol. The van der Waals surface area contributed by atoms with Crippen molar-refractivity contribution < 1.29 is 9.90 Å². The molecule has 0 aliphatic carbocycles. The standard InChI is InChI=1S/C16H25N3O2/c1-16(2,3)11-6-4-5-7-12(11)18-15(21)19-13-10-17-9-8-14(13)20/h4-7,13-14,17,20H,8-10H2,1-3H3,(H2,18,19,21)/t13-,14-/m1/s1. The van der Waals surface area contributed by atoms with E-state index in [1.165, 1.54) is 0 Å². The first kappa shape index (κ1) is 15.8. The van der Waals surface area contributed by atoms with E-state index in [-0.39, 0.29) is 17.5 Å². The molecule has 1 aliphatic rings. The van der Waals surface area contributed by atoms with Gasteiger partial charge in [-0.3, -0.25) is 0 Å². The number of aliphatic hydroxyl groups excluding tert-OH is 1. The number of hydrogen-bond acceptors (Lipinski definition) is 3. The van der Waals surface area contributed by atoms with Crippen molar-refractivity contribution >= 4 is 11.7 Å². The highest BCUT2D eigenvalue weighted by Crippen LogP contribution is 2.29. The molecule has 0 bridgehead atoms. The molecule has 0 saturated carbocycles. The van der Waals surface area contributed by atoms with E-state index in [2.05, 4.69) is 36.7 Å². The van der Waals surface area contributed by atoms with E-state index in [0.29, 0.717) is 13.0 Å². The van der Waals surface area contributed by atoms with Gasteiger partial charge in [0, 0.05) is 12.2 Å². The normalized spacial score (nSPS) is 22.7. The zero-order chi connectivity index (χ0) is 15.5. The zero-order valence-corrected chi connectivity index (χ0v) is 12.9. The minimum atomic E-state index is -0.491. The highest BCUT2D eigenvalue weighted by molar-refractivity contribution is 5.90. The Labute approximate surface area is 126 Å². The number of amides is 2. The van der Waals surface area contributed by atoms with E-state index in [0.717, 1.165) is 17.8 Å².